The highest BCUT2D eigenvalue weighted by Gasteiger charge is 2.74. The third kappa shape index (κ3) is 2.87. The van der Waals surface area contributed by atoms with Gasteiger partial charge in [0.1, 0.15) is 16.5 Å². The van der Waals surface area contributed by atoms with E-state index >= 15 is 0 Å². The molecule has 7 heteroatoms. The second-order valence-electron chi connectivity index (χ2n) is 6.18. The number of hydrogen-bond donors (Lipinski definition) is 1. The first-order valence-electron chi connectivity index (χ1n) is 8.26. The molecule has 0 heterocycles. The zero-order valence-corrected chi connectivity index (χ0v) is 15.4. The van der Waals surface area contributed by atoms with Crippen molar-refractivity contribution in [3.63, 3.8) is 0 Å². The van der Waals surface area contributed by atoms with Gasteiger partial charge >= 0.3 is 5.97 Å². The van der Waals surface area contributed by atoms with E-state index in [4.69, 9.17) is 15.2 Å². The van der Waals surface area contributed by atoms with Crippen LogP contribution in [0.5, 0.6) is 5.75 Å². The number of hydrogen-bond acceptors (Lipinski definition) is 6. The number of carbonyl (C=O) groups excluding carboxylic acids is 1. The normalized spacial score (nSPS) is 24.7. The molecule has 2 aromatic carbocycles. The molecule has 0 aromatic heterocycles. The second-order valence-corrected chi connectivity index (χ2v) is 8.25. The van der Waals surface area contributed by atoms with E-state index in [0.717, 1.165) is 0 Å². The van der Waals surface area contributed by atoms with Gasteiger partial charge in [-0.1, -0.05) is 30.3 Å². The van der Waals surface area contributed by atoms with Gasteiger partial charge in [0.25, 0.3) is 0 Å². The fourth-order valence-corrected chi connectivity index (χ4v) is 5.58. The predicted molar refractivity (Wildman–Crippen MR) is 96.7 cm³/mol. The van der Waals surface area contributed by atoms with Gasteiger partial charge in [-0.05, 0) is 36.8 Å². The minimum atomic E-state index is -3.81. The van der Waals surface area contributed by atoms with Crippen LogP contribution in [-0.4, -0.2) is 38.9 Å². The van der Waals surface area contributed by atoms with Crippen molar-refractivity contribution in [2.45, 2.75) is 28.5 Å². The first-order chi connectivity index (χ1) is 12.4. The van der Waals surface area contributed by atoms with Crippen molar-refractivity contribution in [1.29, 1.82) is 0 Å². The fraction of sp³-hybridized carbons (Fsp3) is 0.316. The molecule has 2 N–H and O–H groups in total. The first kappa shape index (κ1) is 18.4. The van der Waals surface area contributed by atoms with Crippen LogP contribution in [-0.2, 0) is 19.4 Å². The monoisotopic (exact) mass is 375 g/mol. The molecule has 1 aliphatic rings. The first-order valence-corrected chi connectivity index (χ1v) is 9.81. The molecule has 2 aromatic rings. The van der Waals surface area contributed by atoms with Crippen LogP contribution in [0.4, 0.5) is 0 Å². The summed E-state index contributed by atoms with van der Waals surface area (Å²) in [4.78, 5) is 12.6. The summed E-state index contributed by atoms with van der Waals surface area (Å²) >= 11 is 0. The molecule has 1 aliphatic carbocycles. The topological polar surface area (TPSA) is 95.7 Å². The maximum Gasteiger partial charge on any atom is 0.328 e. The van der Waals surface area contributed by atoms with Crippen LogP contribution >= 0.6 is 0 Å². The third-order valence-electron chi connectivity index (χ3n) is 4.69. The van der Waals surface area contributed by atoms with Gasteiger partial charge in [0, 0.05) is 5.92 Å². The second kappa shape index (κ2) is 6.74. The van der Waals surface area contributed by atoms with Crippen molar-refractivity contribution in [1.82, 2.24) is 0 Å². The van der Waals surface area contributed by atoms with Crippen molar-refractivity contribution in [2.24, 2.45) is 5.73 Å². The molecular weight excluding hydrogens is 354 g/mol. The molecule has 6 nitrogen and oxygen atoms in total. The third-order valence-corrected chi connectivity index (χ3v) is 6.95. The Hall–Kier alpha value is -2.38. The molecule has 26 heavy (non-hydrogen) atoms. The van der Waals surface area contributed by atoms with Crippen LogP contribution in [0.2, 0.25) is 0 Å². The van der Waals surface area contributed by atoms with Crippen molar-refractivity contribution < 1.29 is 22.7 Å². The van der Waals surface area contributed by atoms with Crippen LogP contribution in [0.1, 0.15) is 18.4 Å². The summed E-state index contributed by atoms with van der Waals surface area (Å²) in [5, 5.41) is -1.08. The fourth-order valence-electron chi connectivity index (χ4n) is 3.33. The number of rotatable bonds is 6. The van der Waals surface area contributed by atoms with Gasteiger partial charge in [-0.3, -0.25) is 0 Å². The summed E-state index contributed by atoms with van der Waals surface area (Å²) < 4.78 is 36.4. The van der Waals surface area contributed by atoms with Gasteiger partial charge in [-0.15, -0.1) is 0 Å². The molecule has 0 unspecified atom stereocenters. The molecule has 0 radical (unpaired) electrons. The minimum absolute atomic E-state index is 0.130. The van der Waals surface area contributed by atoms with Crippen molar-refractivity contribution in [2.75, 3.05) is 13.7 Å². The Morgan fingerprint density at radius 1 is 1.12 bits per heavy atom. The van der Waals surface area contributed by atoms with Gasteiger partial charge in [-0.2, -0.15) is 0 Å². The summed E-state index contributed by atoms with van der Waals surface area (Å²) in [6.45, 7) is 1.79. The number of ether oxygens (including phenoxy) is 2. The molecule has 0 amide bonds. The molecule has 3 rings (SSSR count). The van der Waals surface area contributed by atoms with Crippen molar-refractivity contribution in [3.8, 4) is 5.75 Å². The Balaban J connectivity index is 2.04. The lowest BCUT2D eigenvalue weighted by molar-refractivity contribution is -0.145. The number of methoxy groups -OCH3 is 1. The zero-order chi connectivity index (χ0) is 18.9. The van der Waals surface area contributed by atoms with Gasteiger partial charge in [0.15, 0.2) is 9.84 Å². The lowest BCUT2D eigenvalue weighted by atomic mass is 10.1. The highest BCUT2D eigenvalue weighted by atomic mass is 32.2. The molecule has 1 fully saturated rings. The summed E-state index contributed by atoms with van der Waals surface area (Å²) in [5.74, 6) is -0.751. The zero-order valence-electron chi connectivity index (χ0n) is 14.6. The lowest BCUT2D eigenvalue weighted by Crippen LogP contribution is -2.41. The highest BCUT2D eigenvalue weighted by Crippen LogP contribution is 2.56. The molecule has 0 aliphatic heterocycles. The molecule has 138 valence electrons. The van der Waals surface area contributed by atoms with E-state index in [2.05, 4.69) is 0 Å². The standard InChI is InChI=1S/C19H21NO5S/c1-3-25-18(21)19(20)16(13-9-11-14(24-2)12-10-13)17(19)26(22,23)15-7-5-4-6-8-15/h4-12,16-17H,3,20H2,1-2H3/t16-,17+,19-/m1/s1. The maximum absolute atomic E-state index is 13.1. The van der Waals surface area contributed by atoms with E-state index in [1.807, 2.05) is 0 Å². The van der Waals surface area contributed by atoms with Crippen LogP contribution in [0.3, 0.4) is 0 Å². The molecule has 1 saturated carbocycles. The number of benzene rings is 2. The van der Waals surface area contributed by atoms with E-state index in [-0.39, 0.29) is 11.5 Å². The molecular formula is C19H21NO5S. The Kier molecular flexibility index (Phi) is 4.77. The van der Waals surface area contributed by atoms with E-state index in [0.29, 0.717) is 11.3 Å². The van der Waals surface area contributed by atoms with Crippen molar-refractivity contribution >= 4 is 15.8 Å². The SMILES string of the molecule is CCOC(=O)[C@@]1(N)[C@H](c2ccc(OC)cc2)[C@@H]1S(=O)(=O)c1ccccc1. The van der Waals surface area contributed by atoms with Crippen LogP contribution in [0, 0.1) is 0 Å². The Morgan fingerprint density at radius 2 is 1.73 bits per heavy atom. The molecule has 0 saturated heterocycles. The summed E-state index contributed by atoms with van der Waals surface area (Å²) in [6, 6.07) is 14.9. The lowest BCUT2D eigenvalue weighted by Gasteiger charge is -2.11. The number of nitrogens with two attached hydrogens (primary N) is 1. The van der Waals surface area contributed by atoms with Crippen LogP contribution in [0.25, 0.3) is 0 Å². The Bertz CT molecular complexity index is 895. The number of carbonyl (C=O) groups is 1. The van der Waals surface area contributed by atoms with E-state index in [9.17, 15) is 13.2 Å². The smallest absolute Gasteiger partial charge is 0.328 e. The highest BCUT2D eigenvalue weighted by molar-refractivity contribution is 7.92. The van der Waals surface area contributed by atoms with Gasteiger partial charge in [-0.25, -0.2) is 13.2 Å². The minimum Gasteiger partial charge on any atom is -0.497 e. The van der Waals surface area contributed by atoms with Crippen LogP contribution < -0.4 is 10.5 Å². The predicted octanol–water partition coefficient (Wildman–Crippen LogP) is 1.90. The Labute approximate surface area is 152 Å². The van der Waals surface area contributed by atoms with E-state index in [1.54, 1.807) is 56.5 Å². The molecule has 0 bridgehead atoms. The maximum atomic E-state index is 13.1. The summed E-state index contributed by atoms with van der Waals surface area (Å²) in [5.41, 5.74) is 5.35. The quantitative estimate of drug-likeness (QED) is 0.775. The van der Waals surface area contributed by atoms with Gasteiger partial charge in [0.2, 0.25) is 0 Å². The Morgan fingerprint density at radius 3 is 2.27 bits per heavy atom. The molecule has 3 atom stereocenters. The average molecular weight is 375 g/mol. The van der Waals surface area contributed by atoms with Crippen molar-refractivity contribution in [3.05, 3.63) is 60.2 Å². The largest absolute Gasteiger partial charge is 0.497 e. The van der Waals surface area contributed by atoms with Crippen LogP contribution in [0.15, 0.2) is 59.5 Å². The number of esters is 1. The average Bonchev–Trinajstić information content (AvgIpc) is 3.31. The van der Waals surface area contributed by atoms with Gasteiger partial charge in [0.05, 0.1) is 18.6 Å². The summed E-state index contributed by atoms with van der Waals surface area (Å²) in [7, 11) is -2.26. The summed E-state index contributed by atoms with van der Waals surface area (Å²) in [6.07, 6.45) is 0. The van der Waals surface area contributed by atoms with E-state index in [1.165, 1.54) is 12.1 Å². The molecule has 0 spiro atoms. The van der Waals surface area contributed by atoms with Gasteiger partial charge < -0.3 is 15.2 Å². The van der Waals surface area contributed by atoms with E-state index < -0.39 is 32.5 Å². The number of sulfone groups is 1.